The fourth-order valence-corrected chi connectivity index (χ4v) is 3.81. The lowest BCUT2D eigenvalue weighted by atomic mass is 10.1. The number of aryl methyl sites for hydroxylation is 1. The number of hydrogen-bond donors (Lipinski definition) is 2. The summed E-state index contributed by atoms with van der Waals surface area (Å²) in [5, 5.41) is 6.83. The van der Waals surface area contributed by atoms with Crippen molar-refractivity contribution in [2.24, 2.45) is 10.9 Å². The molecule has 1 aliphatic heterocycles. The highest BCUT2D eigenvalue weighted by atomic mass is 16.5. The minimum absolute atomic E-state index is 0.192. The zero-order valence-electron chi connectivity index (χ0n) is 18.8. The summed E-state index contributed by atoms with van der Waals surface area (Å²) in [5.41, 5.74) is 2.49. The van der Waals surface area contributed by atoms with Crippen LogP contribution >= 0.6 is 0 Å². The van der Waals surface area contributed by atoms with Crippen molar-refractivity contribution >= 4 is 5.96 Å². The molecule has 0 radical (unpaired) electrons. The van der Waals surface area contributed by atoms with Crippen molar-refractivity contribution in [1.82, 2.24) is 25.1 Å². The second-order valence-electron chi connectivity index (χ2n) is 8.38. The van der Waals surface area contributed by atoms with Crippen LogP contribution in [-0.2, 0) is 17.8 Å². The number of aliphatic imine (C=N–C) groups is 1. The maximum Gasteiger partial charge on any atom is 0.191 e. The average Bonchev–Trinajstić information content (AvgIpc) is 3.12. The van der Waals surface area contributed by atoms with Gasteiger partial charge in [-0.05, 0) is 24.0 Å². The predicted molar refractivity (Wildman–Crippen MR) is 122 cm³/mol. The maximum absolute atomic E-state index is 5.93. The zero-order valence-corrected chi connectivity index (χ0v) is 18.8. The van der Waals surface area contributed by atoms with E-state index >= 15 is 0 Å². The Hall–Kier alpha value is -2.38. The number of hydrogen-bond acceptors (Lipinski definition) is 4. The zero-order chi connectivity index (χ0) is 21.3. The third kappa shape index (κ3) is 6.85. The van der Waals surface area contributed by atoms with E-state index in [1.54, 1.807) is 7.05 Å². The molecule has 2 N–H and O–H groups in total. The Kier molecular flexibility index (Phi) is 8.28. The largest absolute Gasteiger partial charge is 0.374 e. The van der Waals surface area contributed by atoms with Crippen LogP contribution in [0, 0.1) is 12.8 Å². The highest BCUT2D eigenvalue weighted by Gasteiger charge is 2.21. The van der Waals surface area contributed by atoms with Crippen molar-refractivity contribution < 1.29 is 4.74 Å². The van der Waals surface area contributed by atoms with E-state index in [9.17, 15) is 0 Å². The van der Waals surface area contributed by atoms with Crippen molar-refractivity contribution in [3.63, 3.8) is 0 Å². The van der Waals surface area contributed by atoms with E-state index in [0.717, 1.165) is 57.7 Å². The van der Waals surface area contributed by atoms with Gasteiger partial charge in [-0.3, -0.25) is 9.89 Å². The van der Waals surface area contributed by atoms with Crippen molar-refractivity contribution in [1.29, 1.82) is 0 Å². The molecular weight excluding hydrogens is 376 g/mol. The first-order chi connectivity index (χ1) is 14.5. The molecule has 7 heteroatoms. The quantitative estimate of drug-likeness (QED) is 0.514. The van der Waals surface area contributed by atoms with Crippen LogP contribution in [0.5, 0.6) is 0 Å². The molecule has 1 aromatic carbocycles. The molecule has 0 aliphatic carbocycles. The van der Waals surface area contributed by atoms with Gasteiger partial charge in [-0.25, -0.2) is 4.98 Å². The Bertz CT molecular complexity index is 816. The van der Waals surface area contributed by atoms with E-state index < -0.39 is 0 Å². The van der Waals surface area contributed by atoms with Gasteiger partial charge in [0.25, 0.3) is 0 Å². The molecule has 2 heterocycles. The van der Waals surface area contributed by atoms with E-state index in [1.807, 2.05) is 19.3 Å². The topological polar surface area (TPSA) is 66.7 Å². The molecule has 30 heavy (non-hydrogen) atoms. The molecule has 7 nitrogen and oxygen atoms in total. The van der Waals surface area contributed by atoms with Gasteiger partial charge in [0.1, 0.15) is 5.82 Å². The summed E-state index contributed by atoms with van der Waals surface area (Å²) in [6.07, 6.45) is 4.05. The summed E-state index contributed by atoms with van der Waals surface area (Å²) >= 11 is 0. The van der Waals surface area contributed by atoms with Gasteiger partial charge in [0, 0.05) is 58.7 Å². The Balaban J connectivity index is 1.46. The molecule has 1 saturated heterocycles. The molecule has 1 fully saturated rings. The molecular formula is C23H36N6O. The maximum atomic E-state index is 5.93. The van der Waals surface area contributed by atoms with E-state index in [-0.39, 0.29) is 6.10 Å². The predicted octanol–water partition coefficient (Wildman–Crippen LogP) is 2.26. The van der Waals surface area contributed by atoms with Crippen molar-refractivity contribution in [2.45, 2.75) is 40.0 Å². The SMILES string of the molecule is CN=C(NCc1cccc(Cn2ccnc2C)c1)NCC1CN(CC(C)C)CCO1. The lowest BCUT2D eigenvalue weighted by Gasteiger charge is -2.34. The molecule has 3 rings (SSSR count). The Morgan fingerprint density at radius 2 is 2.13 bits per heavy atom. The summed E-state index contributed by atoms with van der Waals surface area (Å²) in [5.74, 6) is 2.51. The number of aromatic nitrogens is 2. The third-order valence-corrected chi connectivity index (χ3v) is 5.29. The van der Waals surface area contributed by atoms with Crippen LogP contribution in [0.4, 0.5) is 0 Å². The Labute approximate surface area is 180 Å². The van der Waals surface area contributed by atoms with Gasteiger partial charge in [0.05, 0.1) is 12.7 Å². The Morgan fingerprint density at radius 1 is 1.30 bits per heavy atom. The van der Waals surface area contributed by atoms with E-state index in [0.29, 0.717) is 5.92 Å². The van der Waals surface area contributed by atoms with E-state index in [1.165, 1.54) is 11.1 Å². The highest BCUT2D eigenvalue weighted by Crippen LogP contribution is 2.09. The first kappa shape index (κ1) is 22.3. The summed E-state index contributed by atoms with van der Waals surface area (Å²) in [6.45, 7) is 12.8. The van der Waals surface area contributed by atoms with Crippen LogP contribution in [0.3, 0.4) is 0 Å². The fourth-order valence-electron chi connectivity index (χ4n) is 3.81. The number of rotatable bonds is 8. The van der Waals surface area contributed by atoms with Gasteiger partial charge in [-0.15, -0.1) is 0 Å². The van der Waals surface area contributed by atoms with Gasteiger partial charge in [-0.1, -0.05) is 38.1 Å². The highest BCUT2D eigenvalue weighted by molar-refractivity contribution is 5.79. The first-order valence-electron chi connectivity index (χ1n) is 10.9. The number of nitrogens with zero attached hydrogens (tertiary/aromatic N) is 4. The summed E-state index contributed by atoms with van der Waals surface area (Å²) < 4.78 is 8.08. The molecule has 1 aromatic heterocycles. The monoisotopic (exact) mass is 412 g/mol. The minimum atomic E-state index is 0.192. The summed E-state index contributed by atoms with van der Waals surface area (Å²) in [4.78, 5) is 11.1. The number of nitrogens with one attached hydrogen (secondary N) is 2. The van der Waals surface area contributed by atoms with Gasteiger partial charge >= 0.3 is 0 Å². The lowest BCUT2D eigenvalue weighted by Crippen LogP contribution is -2.50. The lowest BCUT2D eigenvalue weighted by molar-refractivity contribution is -0.0284. The number of ether oxygens (including phenoxy) is 1. The summed E-state index contributed by atoms with van der Waals surface area (Å²) in [7, 11) is 1.81. The van der Waals surface area contributed by atoms with Crippen LogP contribution in [0.25, 0.3) is 0 Å². The second kappa shape index (κ2) is 11.1. The molecule has 1 aliphatic rings. The van der Waals surface area contributed by atoms with Gasteiger partial charge in [0.15, 0.2) is 5.96 Å². The van der Waals surface area contributed by atoms with Crippen molar-refractivity contribution in [2.75, 3.05) is 39.8 Å². The summed E-state index contributed by atoms with van der Waals surface area (Å²) in [6, 6.07) is 8.62. The Morgan fingerprint density at radius 3 is 2.87 bits per heavy atom. The number of guanidine groups is 1. The molecule has 0 bridgehead atoms. The fraction of sp³-hybridized carbons (Fsp3) is 0.565. The molecule has 0 amide bonds. The molecule has 1 unspecified atom stereocenters. The van der Waals surface area contributed by atoms with Crippen LogP contribution in [0.1, 0.15) is 30.8 Å². The third-order valence-electron chi connectivity index (χ3n) is 5.29. The molecule has 1 atom stereocenters. The van der Waals surface area contributed by atoms with Gasteiger partial charge < -0.3 is 19.9 Å². The second-order valence-corrected chi connectivity index (χ2v) is 8.38. The van der Waals surface area contributed by atoms with Crippen molar-refractivity contribution in [3.05, 3.63) is 53.6 Å². The van der Waals surface area contributed by atoms with Crippen LogP contribution < -0.4 is 10.6 Å². The molecule has 0 saturated carbocycles. The van der Waals surface area contributed by atoms with E-state index in [4.69, 9.17) is 4.74 Å². The molecule has 0 spiro atoms. The molecule has 164 valence electrons. The van der Waals surface area contributed by atoms with Crippen LogP contribution in [0.15, 0.2) is 41.7 Å². The van der Waals surface area contributed by atoms with E-state index in [2.05, 4.69) is 68.2 Å². The first-order valence-corrected chi connectivity index (χ1v) is 10.9. The standard InChI is InChI=1S/C23H36N6O/c1-18(2)15-28-10-11-30-22(17-28)14-27-23(24-4)26-13-20-6-5-7-21(12-20)16-29-9-8-25-19(29)3/h5-9,12,18,22H,10-11,13-17H2,1-4H3,(H2,24,26,27). The van der Waals surface area contributed by atoms with Gasteiger partial charge in [0.2, 0.25) is 0 Å². The smallest absolute Gasteiger partial charge is 0.191 e. The minimum Gasteiger partial charge on any atom is -0.374 e. The van der Waals surface area contributed by atoms with Crippen LogP contribution in [0.2, 0.25) is 0 Å². The number of morpholine rings is 1. The number of benzene rings is 1. The van der Waals surface area contributed by atoms with Gasteiger partial charge in [-0.2, -0.15) is 0 Å². The van der Waals surface area contributed by atoms with Crippen molar-refractivity contribution in [3.8, 4) is 0 Å². The normalized spacial score (nSPS) is 18.0. The average molecular weight is 413 g/mol. The van der Waals surface area contributed by atoms with Crippen LogP contribution in [-0.4, -0.2) is 66.3 Å². The number of imidazole rings is 1. The molecule has 2 aromatic rings.